The minimum absolute atomic E-state index is 0.0769. The number of rotatable bonds is 2. The summed E-state index contributed by atoms with van der Waals surface area (Å²) in [6.45, 7) is 0.0769. The molecule has 1 heterocycles. The quantitative estimate of drug-likeness (QED) is 0.851. The Morgan fingerprint density at radius 3 is 2.65 bits per heavy atom. The molecule has 1 amide bonds. The highest BCUT2D eigenvalue weighted by atomic mass is 19.1. The van der Waals surface area contributed by atoms with Gasteiger partial charge in [-0.1, -0.05) is 0 Å². The number of hydrogen-bond acceptors (Lipinski definition) is 3. The maximum absolute atomic E-state index is 12.8. The van der Waals surface area contributed by atoms with Crippen LogP contribution >= 0.6 is 0 Å². The van der Waals surface area contributed by atoms with Gasteiger partial charge in [-0.25, -0.2) is 14.0 Å². The van der Waals surface area contributed by atoms with Crippen LogP contribution < -0.4 is 4.90 Å². The van der Waals surface area contributed by atoms with Crippen molar-refractivity contribution in [2.75, 3.05) is 11.5 Å². The van der Waals surface area contributed by atoms with Crippen molar-refractivity contribution in [1.29, 1.82) is 0 Å². The average Bonchev–Trinajstić information content (AvgIpc) is 2.30. The van der Waals surface area contributed by atoms with E-state index in [1.54, 1.807) is 0 Å². The van der Waals surface area contributed by atoms with Crippen molar-refractivity contribution in [3.8, 4) is 0 Å². The highest BCUT2D eigenvalue weighted by Gasteiger charge is 2.35. The van der Waals surface area contributed by atoms with Gasteiger partial charge in [0.2, 0.25) is 0 Å². The van der Waals surface area contributed by atoms with Crippen molar-refractivity contribution in [3.63, 3.8) is 0 Å². The van der Waals surface area contributed by atoms with E-state index in [-0.39, 0.29) is 13.0 Å². The standard InChI is InChI=1S/C11H10FNO4/c12-7-1-3-8(4-2-7)13-9(10(14)15)5-6-17-11(13)16/h1-4,9H,5-6H2,(H,14,15). The van der Waals surface area contributed by atoms with Crippen LogP contribution in [0.25, 0.3) is 0 Å². The molecule has 2 rings (SSSR count). The Kier molecular flexibility index (Phi) is 2.95. The van der Waals surface area contributed by atoms with Gasteiger partial charge < -0.3 is 9.84 Å². The van der Waals surface area contributed by atoms with Crippen LogP contribution in [0, 0.1) is 5.82 Å². The molecule has 1 atom stereocenters. The molecule has 1 aromatic rings. The number of hydrogen-bond donors (Lipinski definition) is 1. The number of cyclic esters (lactones) is 1. The third-order valence-corrected chi connectivity index (χ3v) is 2.52. The fraction of sp³-hybridized carbons (Fsp3) is 0.273. The summed E-state index contributed by atoms with van der Waals surface area (Å²) in [7, 11) is 0. The van der Waals surface area contributed by atoms with Crippen molar-refractivity contribution in [2.45, 2.75) is 12.5 Å². The number of nitrogens with zero attached hydrogens (tertiary/aromatic N) is 1. The van der Waals surface area contributed by atoms with Crippen molar-refractivity contribution in [2.24, 2.45) is 0 Å². The van der Waals surface area contributed by atoms with Crippen LogP contribution in [0.3, 0.4) is 0 Å². The van der Waals surface area contributed by atoms with Gasteiger partial charge in [-0.2, -0.15) is 0 Å². The molecule has 1 aromatic carbocycles. The Balaban J connectivity index is 2.34. The number of benzene rings is 1. The number of carboxylic acids is 1. The lowest BCUT2D eigenvalue weighted by molar-refractivity contribution is -0.139. The van der Waals surface area contributed by atoms with Crippen LogP contribution in [0.5, 0.6) is 0 Å². The zero-order valence-electron chi connectivity index (χ0n) is 8.80. The minimum atomic E-state index is -1.11. The van der Waals surface area contributed by atoms with Crippen molar-refractivity contribution >= 4 is 17.7 Å². The Bertz CT molecular complexity index is 445. The second-order valence-electron chi connectivity index (χ2n) is 3.60. The molecule has 1 fully saturated rings. The molecule has 0 saturated carbocycles. The summed E-state index contributed by atoms with van der Waals surface area (Å²) in [4.78, 5) is 23.6. The molecule has 0 spiro atoms. The molecular formula is C11H10FNO4. The second-order valence-corrected chi connectivity index (χ2v) is 3.60. The van der Waals surface area contributed by atoms with Gasteiger partial charge in [0.05, 0.1) is 6.61 Å². The summed E-state index contributed by atoms with van der Waals surface area (Å²) in [5, 5.41) is 9.02. The van der Waals surface area contributed by atoms with Crippen LogP contribution in [0.2, 0.25) is 0 Å². The van der Waals surface area contributed by atoms with Crippen LogP contribution in [0.4, 0.5) is 14.9 Å². The number of carboxylic acid groups (broad SMARTS) is 1. The first kappa shape index (κ1) is 11.4. The highest BCUT2D eigenvalue weighted by molar-refractivity contribution is 5.95. The largest absolute Gasteiger partial charge is 0.480 e. The first-order valence-corrected chi connectivity index (χ1v) is 5.04. The average molecular weight is 239 g/mol. The third kappa shape index (κ3) is 2.20. The van der Waals surface area contributed by atoms with Gasteiger partial charge in [-0.3, -0.25) is 4.90 Å². The first-order chi connectivity index (χ1) is 8.09. The highest BCUT2D eigenvalue weighted by Crippen LogP contribution is 2.23. The van der Waals surface area contributed by atoms with E-state index in [4.69, 9.17) is 9.84 Å². The van der Waals surface area contributed by atoms with Crippen molar-refractivity contribution < 1.29 is 23.8 Å². The van der Waals surface area contributed by atoms with E-state index < -0.39 is 23.9 Å². The van der Waals surface area contributed by atoms with Gasteiger partial charge in [-0.15, -0.1) is 0 Å². The molecular weight excluding hydrogens is 229 g/mol. The number of aliphatic carboxylic acids is 1. The molecule has 1 aliphatic rings. The van der Waals surface area contributed by atoms with Crippen LogP contribution in [0.1, 0.15) is 6.42 Å². The Hall–Kier alpha value is -2.11. The molecule has 17 heavy (non-hydrogen) atoms. The van der Waals surface area contributed by atoms with Gasteiger partial charge >= 0.3 is 12.1 Å². The van der Waals surface area contributed by atoms with E-state index in [0.717, 1.165) is 17.0 Å². The molecule has 1 saturated heterocycles. The molecule has 1 N–H and O–H groups in total. The van der Waals surface area contributed by atoms with Gasteiger partial charge in [0, 0.05) is 12.1 Å². The lowest BCUT2D eigenvalue weighted by Gasteiger charge is -2.32. The van der Waals surface area contributed by atoms with Crippen LogP contribution in [-0.4, -0.2) is 29.8 Å². The SMILES string of the molecule is O=C(O)C1CCOC(=O)N1c1ccc(F)cc1. The van der Waals surface area contributed by atoms with Gasteiger partial charge in [-0.05, 0) is 24.3 Å². The molecule has 1 aliphatic heterocycles. The summed E-state index contributed by atoms with van der Waals surface area (Å²) >= 11 is 0. The van der Waals surface area contributed by atoms with E-state index in [2.05, 4.69) is 0 Å². The molecule has 6 heteroatoms. The van der Waals surface area contributed by atoms with E-state index in [9.17, 15) is 14.0 Å². The predicted octanol–water partition coefficient (Wildman–Crippen LogP) is 1.63. The fourth-order valence-electron chi connectivity index (χ4n) is 1.70. The Morgan fingerprint density at radius 1 is 1.41 bits per heavy atom. The normalized spacial score (nSPS) is 19.9. The number of carbonyl (C=O) groups is 2. The van der Waals surface area contributed by atoms with Gasteiger partial charge in [0.25, 0.3) is 0 Å². The summed E-state index contributed by atoms with van der Waals surface area (Å²) < 4.78 is 17.5. The number of carbonyl (C=O) groups excluding carboxylic acids is 1. The number of anilines is 1. The molecule has 0 bridgehead atoms. The monoisotopic (exact) mass is 239 g/mol. The Morgan fingerprint density at radius 2 is 2.06 bits per heavy atom. The molecule has 0 radical (unpaired) electrons. The van der Waals surface area contributed by atoms with Gasteiger partial charge in [0.15, 0.2) is 0 Å². The molecule has 90 valence electrons. The smallest absolute Gasteiger partial charge is 0.415 e. The molecule has 0 aliphatic carbocycles. The third-order valence-electron chi connectivity index (χ3n) is 2.52. The van der Waals surface area contributed by atoms with E-state index in [0.29, 0.717) is 5.69 Å². The minimum Gasteiger partial charge on any atom is -0.480 e. The number of ether oxygens (including phenoxy) is 1. The maximum Gasteiger partial charge on any atom is 0.415 e. The zero-order chi connectivity index (χ0) is 12.4. The van der Waals surface area contributed by atoms with Gasteiger partial charge in [0.1, 0.15) is 11.9 Å². The summed E-state index contributed by atoms with van der Waals surface area (Å²) in [6, 6.07) is 4.05. The van der Waals surface area contributed by atoms with Crippen LogP contribution in [0.15, 0.2) is 24.3 Å². The topological polar surface area (TPSA) is 66.8 Å². The predicted molar refractivity (Wildman–Crippen MR) is 56.3 cm³/mol. The zero-order valence-corrected chi connectivity index (χ0v) is 8.80. The second kappa shape index (κ2) is 4.40. The lowest BCUT2D eigenvalue weighted by atomic mass is 10.1. The fourth-order valence-corrected chi connectivity index (χ4v) is 1.70. The number of halogens is 1. The maximum atomic E-state index is 12.8. The lowest BCUT2D eigenvalue weighted by Crippen LogP contribution is -2.50. The van der Waals surface area contributed by atoms with E-state index >= 15 is 0 Å². The summed E-state index contributed by atoms with van der Waals surface area (Å²) in [5.41, 5.74) is 0.309. The van der Waals surface area contributed by atoms with Crippen molar-refractivity contribution in [3.05, 3.63) is 30.1 Å². The Labute approximate surface area is 96.4 Å². The summed E-state index contributed by atoms with van der Waals surface area (Å²) in [5.74, 6) is -1.56. The molecule has 0 aromatic heterocycles. The van der Waals surface area contributed by atoms with Crippen LogP contribution in [-0.2, 0) is 9.53 Å². The molecule has 1 unspecified atom stereocenters. The van der Waals surface area contributed by atoms with E-state index in [1.165, 1.54) is 12.1 Å². The summed E-state index contributed by atoms with van der Waals surface area (Å²) in [6.07, 6.45) is -0.520. The first-order valence-electron chi connectivity index (χ1n) is 5.04. The number of amides is 1. The van der Waals surface area contributed by atoms with Crippen molar-refractivity contribution in [1.82, 2.24) is 0 Å². The molecule has 5 nitrogen and oxygen atoms in total. The van der Waals surface area contributed by atoms with E-state index in [1.807, 2.05) is 0 Å².